The summed E-state index contributed by atoms with van der Waals surface area (Å²) in [6.07, 6.45) is 2.76. The summed E-state index contributed by atoms with van der Waals surface area (Å²) in [7, 11) is 0. The van der Waals surface area contributed by atoms with Crippen LogP contribution in [-0.2, 0) is 13.1 Å². The molecule has 0 saturated heterocycles. The van der Waals surface area contributed by atoms with Gasteiger partial charge in [0.1, 0.15) is 29.2 Å². The molecule has 0 aliphatic carbocycles. The average molecular weight is 427 g/mol. The van der Waals surface area contributed by atoms with E-state index in [1.165, 1.54) is 33.9 Å². The summed E-state index contributed by atoms with van der Waals surface area (Å²) in [4.78, 5) is 29.0. The van der Waals surface area contributed by atoms with Gasteiger partial charge in [-0.25, -0.2) is 22.8 Å². The van der Waals surface area contributed by atoms with Crippen LogP contribution in [0.2, 0.25) is 0 Å². The first-order valence-corrected chi connectivity index (χ1v) is 9.31. The third-order valence-electron chi connectivity index (χ3n) is 4.67. The molecule has 2 aromatic carbocycles. The van der Waals surface area contributed by atoms with Crippen LogP contribution in [0.3, 0.4) is 0 Å². The second-order valence-corrected chi connectivity index (χ2v) is 6.79. The first-order valence-electron chi connectivity index (χ1n) is 9.31. The van der Waals surface area contributed by atoms with Gasteiger partial charge in [0.15, 0.2) is 5.65 Å². The quantitative estimate of drug-likeness (QED) is 0.513. The summed E-state index contributed by atoms with van der Waals surface area (Å²) in [5.41, 5.74) is 0.502. The molecule has 1 amide bonds. The Hall–Kier alpha value is -3.95. The van der Waals surface area contributed by atoms with E-state index in [9.17, 15) is 22.8 Å². The monoisotopic (exact) mass is 427 g/mol. The van der Waals surface area contributed by atoms with Gasteiger partial charge in [0.05, 0.1) is 24.8 Å². The van der Waals surface area contributed by atoms with Crippen molar-refractivity contribution >= 4 is 16.9 Å². The highest BCUT2D eigenvalue weighted by Crippen LogP contribution is 2.10. The molecule has 0 atom stereocenters. The van der Waals surface area contributed by atoms with Crippen LogP contribution in [0.25, 0.3) is 11.0 Å². The Bertz CT molecular complexity index is 1320. The van der Waals surface area contributed by atoms with E-state index in [-0.39, 0.29) is 36.6 Å². The van der Waals surface area contributed by atoms with Crippen LogP contribution in [0, 0.1) is 17.5 Å². The van der Waals surface area contributed by atoms with E-state index in [0.717, 1.165) is 17.7 Å². The average Bonchev–Trinajstić information content (AvgIpc) is 3.15. The zero-order valence-electron chi connectivity index (χ0n) is 16.1. The van der Waals surface area contributed by atoms with Crippen molar-refractivity contribution in [3.05, 3.63) is 93.9 Å². The summed E-state index contributed by atoms with van der Waals surface area (Å²) < 4.78 is 42.5. The molecule has 7 nitrogen and oxygen atoms in total. The minimum atomic E-state index is -0.953. The van der Waals surface area contributed by atoms with Gasteiger partial charge in [0.25, 0.3) is 11.5 Å². The minimum absolute atomic E-state index is 0.0901. The van der Waals surface area contributed by atoms with E-state index in [4.69, 9.17) is 0 Å². The van der Waals surface area contributed by atoms with Crippen LogP contribution in [-0.4, -0.2) is 31.8 Å². The van der Waals surface area contributed by atoms with Crippen LogP contribution < -0.4 is 10.9 Å². The normalized spacial score (nSPS) is 11.1. The van der Waals surface area contributed by atoms with Crippen LogP contribution >= 0.6 is 0 Å². The molecule has 0 aliphatic rings. The first kappa shape index (κ1) is 20.3. The number of aromatic nitrogens is 4. The lowest BCUT2D eigenvalue weighted by Crippen LogP contribution is -2.28. The number of hydrogen-bond donors (Lipinski definition) is 1. The molecule has 2 heterocycles. The Labute approximate surface area is 173 Å². The van der Waals surface area contributed by atoms with Gasteiger partial charge in [0, 0.05) is 12.6 Å². The Balaban J connectivity index is 1.45. The van der Waals surface area contributed by atoms with Gasteiger partial charge in [-0.15, -0.1) is 0 Å². The highest BCUT2D eigenvalue weighted by atomic mass is 19.1. The molecule has 31 heavy (non-hydrogen) atoms. The molecule has 0 aliphatic heterocycles. The fourth-order valence-corrected chi connectivity index (χ4v) is 3.10. The zero-order valence-corrected chi connectivity index (χ0v) is 16.1. The number of nitrogens with zero attached hydrogens (tertiary/aromatic N) is 4. The minimum Gasteiger partial charge on any atom is -0.350 e. The van der Waals surface area contributed by atoms with E-state index in [1.807, 2.05) is 0 Å². The maximum absolute atomic E-state index is 13.7. The van der Waals surface area contributed by atoms with Gasteiger partial charge in [-0.2, -0.15) is 5.10 Å². The number of fused-ring (bicyclic) bond motifs is 1. The number of rotatable bonds is 6. The molecule has 1 N–H and O–H groups in total. The van der Waals surface area contributed by atoms with Crippen molar-refractivity contribution in [2.75, 3.05) is 6.54 Å². The predicted octanol–water partition coefficient (Wildman–Crippen LogP) is 2.49. The lowest BCUT2D eigenvalue weighted by atomic mass is 10.2. The summed E-state index contributed by atoms with van der Waals surface area (Å²) >= 11 is 0. The van der Waals surface area contributed by atoms with Gasteiger partial charge in [-0.3, -0.25) is 14.2 Å². The first-order chi connectivity index (χ1) is 14.9. The van der Waals surface area contributed by atoms with Gasteiger partial charge < -0.3 is 5.32 Å². The molecule has 0 unspecified atom stereocenters. The van der Waals surface area contributed by atoms with Gasteiger partial charge in [0.2, 0.25) is 0 Å². The Morgan fingerprint density at radius 3 is 2.52 bits per heavy atom. The molecular weight excluding hydrogens is 411 g/mol. The molecule has 0 fully saturated rings. The molecule has 2 aromatic heterocycles. The standard InChI is InChI=1S/C21H16F3N5O2/c22-14-3-1-13(2-4-14)11-28-12-26-19-17(21(28)31)10-27-29(19)8-7-25-20(30)16-6-5-15(23)9-18(16)24/h1-6,9-10,12H,7-8,11H2,(H,25,30). The number of benzene rings is 2. The summed E-state index contributed by atoms with van der Waals surface area (Å²) in [6.45, 7) is 0.506. The van der Waals surface area contributed by atoms with Crippen molar-refractivity contribution in [2.45, 2.75) is 13.1 Å². The van der Waals surface area contributed by atoms with Crippen molar-refractivity contribution in [3.63, 3.8) is 0 Å². The lowest BCUT2D eigenvalue weighted by molar-refractivity contribution is 0.0948. The molecule has 4 rings (SSSR count). The van der Waals surface area contributed by atoms with Crippen molar-refractivity contribution < 1.29 is 18.0 Å². The highest BCUT2D eigenvalue weighted by Gasteiger charge is 2.14. The second kappa shape index (κ2) is 8.42. The van der Waals surface area contributed by atoms with Crippen molar-refractivity contribution in [2.24, 2.45) is 0 Å². The van der Waals surface area contributed by atoms with Crippen molar-refractivity contribution in [3.8, 4) is 0 Å². The Morgan fingerprint density at radius 1 is 1.03 bits per heavy atom. The largest absolute Gasteiger partial charge is 0.350 e. The number of nitrogens with one attached hydrogen (secondary N) is 1. The third-order valence-corrected chi connectivity index (χ3v) is 4.67. The van der Waals surface area contributed by atoms with Gasteiger partial charge >= 0.3 is 0 Å². The van der Waals surface area contributed by atoms with Crippen LogP contribution in [0.1, 0.15) is 15.9 Å². The fraction of sp³-hybridized carbons (Fsp3) is 0.143. The molecule has 0 saturated carbocycles. The van der Waals surface area contributed by atoms with E-state index in [2.05, 4.69) is 15.4 Å². The molecule has 0 bridgehead atoms. The predicted molar refractivity (Wildman–Crippen MR) is 106 cm³/mol. The van der Waals surface area contributed by atoms with E-state index < -0.39 is 17.5 Å². The molecule has 10 heteroatoms. The third kappa shape index (κ3) is 4.32. The van der Waals surface area contributed by atoms with Crippen molar-refractivity contribution in [1.29, 1.82) is 0 Å². The number of halogens is 3. The summed E-state index contributed by atoms with van der Waals surface area (Å²) in [6, 6.07) is 8.50. The maximum Gasteiger partial charge on any atom is 0.264 e. The molecule has 158 valence electrons. The maximum atomic E-state index is 13.7. The van der Waals surface area contributed by atoms with Crippen LogP contribution in [0.15, 0.2) is 59.8 Å². The lowest BCUT2D eigenvalue weighted by Gasteiger charge is -2.08. The zero-order chi connectivity index (χ0) is 22.0. The molecule has 0 spiro atoms. The number of carbonyl (C=O) groups is 1. The number of carbonyl (C=O) groups excluding carboxylic acids is 1. The summed E-state index contributed by atoms with van der Waals surface area (Å²) in [5.74, 6) is -2.78. The SMILES string of the molecule is O=C(NCCn1ncc2c(=O)n(Cc3ccc(F)cc3)cnc21)c1ccc(F)cc1F. The van der Waals surface area contributed by atoms with E-state index in [1.54, 1.807) is 12.1 Å². The molecular formula is C21H16F3N5O2. The highest BCUT2D eigenvalue weighted by molar-refractivity contribution is 5.94. The summed E-state index contributed by atoms with van der Waals surface area (Å²) in [5, 5.41) is 6.94. The number of amides is 1. The Kier molecular flexibility index (Phi) is 5.52. The van der Waals surface area contributed by atoms with Crippen LogP contribution in [0.4, 0.5) is 13.2 Å². The molecule has 4 aromatic rings. The smallest absolute Gasteiger partial charge is 0.264 e. The topological polar surface area (TPSA) is 81.8 Å². The van der Waals surface area contributed by atoms with E-state index >= 15 is 0 Å². The number of hydrogen-bond acceptors (Lipinski definition) is 4. The van der Waals surface area contributed by atoms with Crippen molar-refractivity contribution in [1.82, 2.24) is 24.6 Å². The van der Waals surface area contributed by atoms with Gasteiger partial charge in [-0.05, 0) is 29.8 Å². The molecule has 0 radical (unpaired) electrons. The van der Waals surface area contributed by atoms with E-state index in [0.29, 0.717) is 17.1 Å². The fourth-order valence-electron chi connectivity index (χ4n) is 3.10. The van der Waals surface area contributed by atoms with Gasteiger partial charge in [-0.1, -0.05) is 12.1 Å². The van der Waals surface area contributed by atoms with Crippen LogP contribution in [0.5, 0.6) is 0 Å². The second-order valence-electron chi connectivity index (χ2n) is 6.79. The Morgan fingerprint density at radius 2 is 1.77 bits per heavy atom.